The molecule has 142 valence electrons. The van der Waals surface area contributed by atoms with E-state index in [1.165, 1.54) is 14.2 Å². The average Bonchev–Trinajstić information content (AvgIpc) is 2.71. The first-order valence-corrected chi connectivity index (χ1v) is 8.79. The number of hydrogen-bond donors (Lipinski definition) is 2. The minimum Gasteiger partial charge on any atom is -0.504 e. The quantitative estimate of drug-likeness (QED) is 0.563. The van der Waals surface area contributed by atoms with Gasteiger partial charge in [-0.05, 0) is 52.6 Å². The Bertz CT molecular complexity index is 940. The van der Waals surface area contributed by atoms with E-state index in [0.29, 0.717) is 11.5 Å². The van der Waals surface area contributed by atoms with Gasteiger partial charge in [-0.3, -0.25) is 0 Å². The summed E-state index contributed by atoms with van der Waals surface area (Å²) >= 11 is 0. The lowest BCUT2D eigenvalue weighted by atomic mass is 10.1. The number of phenols is 2. The number of aromatic hydroxyl groups is 2. The molecule has 0 amide bonds. The van der Waals surface area contributed by atoms with Crippen LogP contribution in [0.15, 0.2) is 60.7 Å². The molecule has 0 saturated heterocycles. The van der Waals surface area contributed by atoms with Gasteiger partial charge in [-0.2, -0.15) is 0 Å². The molecule has 0 bridgehead atoms. The van der Waals surface area contributed by atoms with Gasteiger partial charge >= 0.3 is 0 Å². The molecule has 0 aliphatic rings. The van der Waals surface area contributed by atoms with Gasteiger partial charge < -0.3 is 19.7 Å². The standard InChI is InChI=1S/C24H22O4/c1-27-23-12-10-19(15-21(23)25)8-6-17-4-3-5-18(14-17)7-9-20-11-13-24(28-2)22(26)16-20/h3-16,25-26H,1-2H3/b8-6+,9-7+. The Balaban J connectivity index is 1.75. The molecule has 0 spiro atoms. The first-order chi connectivity index (χ1) is 13.6. The van der Waals surface area contributed by atoms with Crippen LogP contribution in [0.1, 0.15) is 22.3 Å². The van der Waals surface area contributed by atoms with Crippen LogP contribution in [0, 0.1) is 0 Å². The summed E-state index contributed by atoms with van der Waals surface area (Å²) in [6.07, 6.45) is 7.84. The van der Waals surface area contributed by atoms with E-state index >= 15 is 0 Å². The van der Waals surface area contributed by atoms with Gasteiger partial charge in [0, 0.05) is 0 Å². The van der Waals surface area contributed by atoms with E-state index in [1.807, 2.05) is 54.6 Å². The number of rotatable bonds is 6. The predicted octanol–water partition coefficient (Wildman–Crippen LogP) is 5.46. The Morgan fingerprint density at radius 3 is 1.32 bits per heavy atom. The SMILES string of the molecule is COc1ccc(/C=C/c2cccc(/C=C/c3ccc(OC)c(O)c3)c2)cc1O. The van der Waals surface area contributed by atoms with Gasteiger partial charge in [0.15, 0.2) is 23.0 Å². The van der Waals surface area contributed by atoms with Crippen LogP contribution in [0.2, 0.25) is 0 Å². The molecule has 2 N–H and O–H groups in total. The molecule has 0 aromatic heterocycles. The molecule has 0 atom stereocenters. The summed E-state index contributed by atoms with van der Waals surface area (Å²) in [5.41, 5.74) is 3.84. The maximum Gasteiger partial charge on any atom is 0.160 e. The van der Waals surface area contributed by atoms with Crippen molar-refractivity contribution in [2.75, 3.05) is 14.2 Å². The summed E-state index contributed by atoms with van der Waals surface area (Å²) < 4.78 is 10.1. The minimum atomic E-state index is 0.115. The summed E-state index contributed by atoms with van der Waals surface area (Å²) in [6.45, 7) is 0. The Hall–Kier alpha value is -3.66. The van der Waals surface area contributed by atoms with Crippen LogP contribution in [0.3, 0.4) is 0 Å². The highest BCUT2D eigenvalue weighted by molar-refractivity contribution is 5.75. The fourth-order valence-corrected chi connectivity index (χ4v) is 2.77. The van der Waals surface area contributed by atoms with Crippen LogP contribution in [0.25, 0.3) is 24.3 Å². The van der Waals surface area contributed by atoms with Crippen molar-refractivity contribution in [3.8, 4) is 23.0 Å². The van der Waals surface area contributed by atoms with Crippen molar-refractivity contribution in [1.82, 2.24) is 0 Å². The van der Waals surface area contributed by atoms with Gasteiger partial charge in [-0.15, -0.1) is 0 Å². The first kappa shape index (κ1) is 19.1. The molecule has 0 aliphatic carbocycles. The molecular formula is C24H22O4. The molecule has 3 aromatic rings. The van der Waals surface area contributed by atoms with Crippen molar-refractivity contribution >= 4 is 24.3 Å². The Labute approximate surface area is 164 Å². The van der Waals surface area contributed by atoms with Crippen LogP contribution in [0.5, 0.6) is 23.0 Å². The number of benzene rings is 3. The number of ether oxygens (including phenoxy) is 2. The van der Waals surface area contributed by atoms with E-state index in [9.17, 15) is 10.2 Å². The van der Waals surface area contributed by atoms with Crippen molar-refractivity contribution in [3.05, 3.63) is 82.9 Å². The molecular weight excluding hydrogens is 352 g/mol. The summed E-state index contributed by atoms with van der Waals surface area (Å²) in [5.74, 6) is 1.14. The zero-order valence-corrected chi connectivity index (χ0v) is 15.8. The Morgan fingerprint density at radius 1 is 0.571 bits per heavy atom. The number of hydrogen-bond acceptors (Lipinski definition) is 4. The van der Waals surface area contributed by atoms with Gasteiger partial charge in [0.05, 0.1) is 14.2 Å². The second kappa shape index (κ2) is 8.82. The van der Waals surface area contributed by atoms with E-state index in [1.54, 1.807) is 24.3 Å². The smallest absolute Gasteiger partial charge is 0.160 e. The second-order valence-corrected chi connectivity index (χ2v) is 6.20. The van der Waals surface area contributed by atoms with E-state index in [4.69, 9.17) is 9.47 Å². The molecule has 4 heteroatoms. The highest BCUT2D eigenvalue weighted by atomic mass is 16.5. The van der Waals surface area contributed by atoms with Crippen LogP contribution in [-0.2, 0) is 0 Å². The monoisotopic (exact) mass is 374 g/mol. The van der Waals surface area contributed by atoms with Crippen molar-refractivity contribution in [1.29, 1.82) is 0 Å². The van der Waals surface area contributed by atoms with Gasteiger partial charge in [-0.1, -0.05) is 54.6 Å². The normalized spacial score (nSPS) is 11.2. The molecule has 0 saturated carbocycles. The summed E-state index contributed by atoms with van der Waals surface area (Å²) in [7, 11) is 3.05. The third-order valence-electron chi connectivity index (χ3n) is 4.25. The van der Waals surface area contributed by atoms with Gasteiger partial charge in [-0.25, -0.2) is 0 Å². The summed E-state index contributed by atoms with van der Waals surface area (Å²) in [6, 6.07) is 18.6. The van der Waals surface area contributed by atoms with Crippen LogP contribution < -0.4 is 9.47 Å². The highest BCUT2D eigenvalue weighted by Crippen LogP contribution is 2.28. The summed E-state index contributed by atoms with van der Waals surface area (Å²) in [4.78, 5) is 0. The maximum atomic E-state index is 9.87. The molecule has 0 fully saturated rings. The molecule has 4 nitrogen and oxygen atoms in total. The largest absolute Gasteiger partial charge is 0.504 e. The van der Waals surface area contributed by atoms with Crippen LogP contribution >= 0.6 is 0 Å². The third kappa shape index (κ3) is 4.74. The number of phenolic OH excluding ortho intramolecular Hbond substituents is 2. The van der Waals surface area contributed by atoms with Crippen LogP contribution in [0.4, 0.5) is 0 Å². The van der Waals surface area contributed by atoms with E-state index < -0.39 is 0 Å². The predicted molar refractivity (Wildman–Crippen MR) is 114 cm³/mol. The van der Waals surface area contributed by atoms with Gasteiger partial charge in [0.2, 0.25) is 0 Å². The van der Waals surface area contributed by atoms with Gasteiger partial charge in [0.1, 0.15) is 0 Å². The summed E-state index contributed by atoms with van der Waals surface area (Å²) in [5, 5.41) is 19.7. The highest BCUT2D eigenvalue weighted by Gasteiger charge is 2.01. The van der Waals surface area contributed by atoms with Gasteiger partial charge in [0.25, 0.3) is 0 Å². The molecule has 0 radical (unpaired) electrons. The van der Waals surface area contributed by atoms with Crippen molar-refractivity contribution in [2.45, 2.75) is 0 Å². The van der Waals surface area contributed by atoms with Crippen LogP contribution in [-0.4, -0.2) is 24.4 Å². The third-order valence-corrected chi connectivity index (χ3v) is 4.25. The molecule has 0 aliphatic heterocycles. The lowest BCUT2D eigenvalue weighted by Gasteiger charge is -2.04. The number of methoxy groups -OCH3 is 2. The molecule has 3 rings (SSSR count). The molecule has 3 aromatic carbocycles. The minimum absolute atomic E-state index is 0.115. The lowest BCUT2D eigenvalue weighted by molar-refractivity contribution is 0.373. The zero-order valence-electron chi connectivity index (χ0n) is 15.8. The van der Waals surface area contributed by atoms with E-state index in [0.717, 1.165) is 22.3 Å². The Kier molecular flexibility index (Phi) is 6.02. The van der Waals surface area contributed by atoms with Crippen molar-refractivity contribution in [3.63, 3.8) is 0 Å². The first-order valence-electron chi connectivity index (χ1n) is 8.79. The molecule has 28 heavy (non-hydrogen) atoms. The van der Waals surface area contributed by atoms with Crippen molar-refractivity contribution in [2.24, 2.45) is 0 Å². The second-order valence-electron chi connectivity index (χ2n) is 6.20. The van der Waals surface area contributed by atoms with E-state index in [2.05, 4.69) is 6.07 Å². The topological polar surface area (TPSA) is 58.9 Å². The Morgan fingerprint density at radius 2 is 0.964 bits per heavy atom. The average molecular weight is 374 g/mol. The zero-order chi connectivity index (χ0) is 19.9. The fraction of sp³-hybridized carbons (Fsp3) is 0.0833. The fourth-order valence-electron chi connectivity index (χ4n) is 2.77. The van der Waals surface area contributed by atoms with Crippen molar-refractivity contribution < 1.29 is 19.7 Å². The maximum absolute atomic E-state index is 9.87. The van der Waals surface area contributed by atoms with E-state index in [-0.39, 0.29) is 11.5 Å². The lowest BCUT2D eigenvalue weighted by Crippen LogP contribution is -1.84. The molecule has 0 heterocycles. The molecule has 0 unspecified atom stereocenters.